The average molecular weight is 469 g/mol. The Morgan fingerprint density at radius 2 is 2.09 bits per heavy atom. The molecule has 1 aliphatic heterocycles. The molecule has 0 unspecified atom stereocenters. The van der Waals surface area contributed by atoms with Crippen molar-refractivity contribution in [3.8, 4) is 10.6 Å². The Hall–Kier alpha value is -2.83. The highest BCUT2D eigenvalue weighted by Crippen LogP contribution is 2.33. The van der Waals surface area contributed by atoms with Crippen LogP contribution >= 0.6 is 11.3 Å². The second-order valence-electron chi connectivity index (χ2n) is 7.39. The van der Waals surface area contributed by atoms with E-state index in [0.29, 0.717) is 30.3 Å². The maximum atomic E-state index is 14.0. The number of halogens is 4. The topological polar surface area (TPSA) is 95.1 Å². The van der Waals surface area contributed by atoms with Gasteiger partial charge in [-0.15, -0.1) is 11.3 Å². The largest absolute Gasteiger partial charge is 0.369 e. The van der Waals surface area contributed by atoms with Crippen molar-refractivity contribution in [1.29, 1.82) is 0 Å². The Labute approximate surface area is 184 Å². The van der Waals surface area contributed by atoms with Gasteiger partial charge in [0.2, 0.25) is 0 Å². The molecule has 3 N–H and O–H groups in total. The summed E-state index contributed by atoms with van der Waals surface area (Å²) in [5, 5.41) is 8.10. The molecule has 1 aliphatic rings. The lowest BCUT2D eigenvalue weighted by molar-refractivity contribution is 0.0247. The van der Waals surface area contributed by atoms with E-state index in [-0.39, 0.29) is 22.9 Å². The highest BCUT2D eigenvalue weighted by Gasteiger charge is 2.30. The van der Waals surface area contributed by atoms with Gasteiger partial charge in [0.05, 0.1) is 29.7 Å². The molecule has 1 saturated heterocycles. The second kappa shape index (κ2) is 8.96. The van der Waals surface area contributed by atoms with Crippen LogP contribution in [-0.4, -0.2) is 39.5 Å². The van der Waals surface area contributed by atoms with E-state index in [2.05, 4.69) is 15.4 Å². The predicted molar refractivity (Wildman–Crippen MR) is 109 cm³/mol. The quantitative estimate of drug-likeness (QED) is 0.449. The Morgan fingerprint density at radius 3 is 2.88 bits per heavy atom. The summed E-state index contributed by atoms with van der Waals surface area (Å²) < 4.78 is 62.1. The molecule has 1 fully saturated rings. The summed E-state index contributed by atoms with van der Waals surface area (Å²) >= 11 is 0.867. The second-order valence-corrected chi connectivity index (χ2v) is 8.25. The summed E-state index contributed by atoms with van der Waals surface area (Å²) in [6.45, 7) is -0.171. The van der Waals surface area contributed by atoms with Gasteiger partial charge in [-0.05, 0) is 18.9 Å². The number of benzene rings is 1. The molecule has 0 bridgehead atoms. The summed E-state index contributed by atoms with van der Waals surface area (Å²) in [4.78, 5) is 16.7. The Morgan fingerprint density at radius 1 is 1.31 bits per heavy atom. The van der Waals surface area contributed by atoms with Crippen LogP contribution in [0.25, 0.3) is 10.6 Å². The maximum Gasteiger partial charge on any atom is 0.275 e. The first-order valence-corrected chi connectivity index (χ1v) is 10.6. The zero-order chi connectivity index (χ0) is 23.0. The van der Waals surface area contributed by atoms with Crippen molar-refractivity contribution in [3.63, 3.8) is 0 Å². The smallest absolute Gasteiger partial charge is 0.275 e. The highest BCUT2D eigenvalue weighted by molar-refractivity contribution is 7.13. The minimum Gasteiger partial charge on any atom is -0.369 e. The lowest BCUT2D eigenvalue weighted by atomic mass is 10.0. The minimum atomic E-state index is -1.35. The molecule has 0 aliphatic carbocycles. The van der Waals surface area contributed by atoms with Crippen molar-refractivity contribution in [2.45, 2.75) is 31.2 Å². The number of carbonyl (C=O) groups excluding carboxylic acids is 1. The average Bonchev–Trinajstić information content (AvgIpc) is 3.34. The van der Waals surface area contributed by atoms with Crippen molar-refractivity contribution in [2.75, 3.05) is 11.9 Å². The fourth-order valence-corrected chi connectivity index (χ4v) is 4.29. The van der Waals surface area contributed by atoms with E-state index in [9.17, 15) is 22.4 Å². The van der Waals surface area contributed by atoms with Gasteiger partial charge in [0, 0.05) is 24.5 Å². The fraction of sp³-hybridized carbons (Fsp3) is 0.350. The number of nitrogens with zero attached hydrogens (tertiary/aromatic N) is 3. The first-order chi connectivity index (χ1) is 15.2. The molecule has 3 atom stereocenters. The number of thiazole rings is 1. The van der Waals surface area contributed by atoms with Gasteiger partial charge < -0.3 is 15.8 Å². The summed E-state index contributed by atoms with van der Waals surface area (Å²) in [6.07, 6.45) is 0.446. The summed E-state index contributed by atoms with van der Waals surface area (Å²) in [6, 6.07) is 0.606. The monoisotopic (exact) mass is 469 g/mol. The van der Waals surface area contributed by atoms with Crippen molar-refractivity contribution in [2.24, 2.45) is 12.8 Å². The number of nitrogens with one attached hydrogen (secondary N) is 1. The molecule has 0 spiro atoms. The van der Waals surface area contributed by atoms with Crippen LogP contribution in [0.1, 0.15) is 35.1 Å². The standard InChI is InChI=1S/C20H19F4N5O2S/c1-29-18(16-3-2-13(25)12(23)7-31-16)14(6-26-29)27-19(30)15-8-32-20(28-15)10-4-9(21)5-11(22)17(10)24/h4-6,8,12-13,16H,2-3,7,25H2,1H3,(H,27,30)/t12-,13-,16+/m1/s1. The van der Waals surface area contributed by atoms with Gasteiger partial charge >= 0.3 is 0 Å². The molecule has 1 aromatic carbocycles. The van der Waals surface area contributed by atoms with Crippen LogP contribution in [0.4, 0.5) is 23.2 Å². The zero-order valence-electron chi connectivity index (χ0n) is 16.8. The van der Waals surface area contributed by atoms with E-state index in [4.69, 9.17) is 10.5 Å². The van der Waals surface area contributed by atoms with Gasteiger partial charge in [-0.25, -0.2) is 22.5 Å². The molecular formula is C20H19F4N5O2S. The Kier molecular flexibility index (Phi) is 6.26. The van der Waals surface area contributed by atoms with Crippen LogP contribution in [-0.2, 0) is 11.8 Å². The third-order valence-corrected chi connectivity index (χ3v) is 6.06. The molecule has 0 radical (unpaired) electrons. The lowest BCUT2D eigenvalue weighted by Crippen LogP contribution is -2.32. The molecule has 0 saturated carbocycles. The molecule has 32 heavy (non-hydrogen) atoms. The number of aryl methyl sites for hydroxylation is 1. The molecule has 7 nitrogen and oxygen atoms in total. The zero-order valence-corrected chi connectivity index (χ0v) is 17.6. The minimum absolute atomic E-state index is 0.0486. The third-order valence-electron chi connectivity index (χ3n) is 5.18. The van der Waals surface area contributed by atoms with Crippen LogP contribution in [0.15, 0.2) is 23.7 Å². The van der Waals surface area contributed by atoms with Gasteiger partial charge in [-0.3, -0.25) is 9.48 Å². The normalized spacial score (nSPS) is 21.4. The van der Waals surface area contributed by atoms with Crippen molar-refractivity contribution in [3.05, 3.63) is 52.5 Å². The number of aromatic nitrogens is 3. The first-order valence-electron chi connectivity index (χ1n) is 9.69. The number of nitrogens with two attached hydrogens (primary N) is 1. The Bertz CT molecular complexity index is 1140. The lowest BCUT2D eigenvalue weighted by Gasteiger charge is -2.17. The molecule has 12 heteroatoms. The number of hydrogen-bond donors (Lipinski definition) is 2. The van der Waals surface area contributed by atoms with Crippen molar-refractivity contribution >= 4 is 22.9 Å². The molecule has 170 valence electrons. The van der Waals surface area contributed by atoms with Crippen molar-refractivity contribution in [1.82, 2.24) is 14.8 Å². The van der Waals surface area contributed by atoms with Crippen LogP contribution in [0.3, 0.4) is 0 Å². The van der Waals surface area contributed by atoms with E-state index in [1.807, 2.05) is 0 Å². The predicted octanol–water partition coefficient (Wildman–Crippen LogP) is 3.73. The van der Waals surface area contributed by atoms with Gasteiger partial charge in [-0.2, -0.15) is 5.10 Å². The number of rotatable bonds is 4. The molecular weight excluding hydrogens is 450 g/mol. The molecule has 1 amide bonds. The van der Waals surface area contributed by atoms with Crippen LogP contribution in [0, 0.1) is 17.5 Å². The Balaban J connectivity index is 1.55. The van der Waals surface area contributed by atoms with E-state index >= 15 is 0 Å². The maximum absolute atomic E-state index is 14.0. The van der Waals surface area contributed by atoms with Gasteiger partial charge in [-0.1, -0.05) is 0 Å². The number of amides is 1. The number of hydrogen-bond acceptors (Lipinski definition) is 6. The SMILES string of the molecule is Cn1ncc(NC(=O)c2csc(-c3cc(F)cc(F)c3F)n2)c1[C@@H]1CC[C@@H](N)[C@H](F)CO1. The molecule has 2 aromatic heterocycles. The molecule has 3 heterocycles. The molecule has 3 aromatic rings. The number of ether oxygens (including phenoxy) is 1. The first kappa shape index (κ1) is 22.4. The van der Waals surface area contributed by atoms with Gasteiger partial charge in [0.25, 0.3) is 5.91 Å². The van der Waals surface area contributed by atoms with E-state index in [1.54, 1.807) is 7.05 Å². The highest BCUT2D eigenvalue weighted by atomic mass is 32.1. The van der Waals surface area contributed by atoms with E-state index < -0.39 is 41.7 Å². The van der Waals surface area contributed by atoms with Crippen LogP contribution < -0.4 is 11.1 Å². The van der Waals surface area contributed by atoms with E-state index in [0.717, 1.165) is 17.4 Å². The summed E-state index contributed by atoms with van der Waals surface area (Å²) in [5.41, 5.74) is 6.20. The van der Waals surface area contributed by atoms with E-state index in [1.165, 1.54) is 16.3 Å². The van der Waals surface area contributed by atoms with Gasteiger partial charge in [0.15, 0.2) is 11.6 Å². The van der Waals surface area contributed by atoms with Crippen LogP contribution in [0.2, 0.25) is 0 Å². The number of alkyl halides is 1. The van der Waals surface area contributed by atoms with Crippen LogP contribution in [0.5, 0.6) is 0 Å². The summed E-state index contributed by atoms with van der Waals surface area (Å²) in [7, 11) is 1.66. The fourth-order valence-electron chi connectivity index (χ4n) is 3.48. The number of anilines is 1. The third kappa shape index (κ3) is 4.38. The van der Waals surface area contributed by atoms with Gasteiger partial charge in [0.1, 0.15) is 28.8 Å². The van der Waals surface area contributed by atoms with Crippen molar-refractivity contribution < 1.29 is 27.1 Å². The summed E-state index contributed by atoms with van der Waals surface area (Å²) in [5.74, 6) is -4.19. The number of carbonyl (C=O) groups is 1. The molecule has 4 rings (SSSR count).